The third kappa shape index (κ3) is 2.52. The second-order valence-corrected chi connectivity index (χ2v) is 4.24. The van der Waals surface area contributed by atoms with Gasteiger partial charge in [-0.2, -0.15) is 0 Å². The van der Waals surface area contributed by atoms with Crippen molar-refractivity contribution in [3.8, 4) is 0 Å². The third-order valence-corrected chi connectivity index (χ3v) is 2.92. The Morgan fingerprint density at radius 3 is 3.12 bits per heavy atom. The molecule has 1 heterocycles. The zero-order chi connectivity index (χ0) is 12.3. The van der Waals surface area contributed by atoms with Crippen LogP contribution in [-0.2, 0) is 11.2 Å². The number of carbonyl (C=O) groups excluding carboxylic acids is 1. The Morgan fingerprint density at radius 1 is 1.53 bits per heavy atom. The molecular formula is C11H11ClN4O. The molecule has 1 aliphatic rings. The quantitative estimate of drug-likeness (QED) is 0.351. The van der Waals surface area contributed by atoms with Gasteiger partial charge in [-0.15, -0.1) is 0 Å². The maximum atomic E-state index is 11.8. The van der Waals surface area contributed by atoms with Crippen LogP contribution in [0.15, 0.2) is 23.3 Å². The molecule has 1 aromatic rings. The number of benzene rings is 1. The van der Waals surface area contributed by atoms with Crippen molar-refractivity contribution in [2.75, 3.05) is 18.0 Å². The first-order valence-electron chi connectivity index (χ1n) is 5.32. The molecule has 88 valence electrons. The molecule has 1 aliphatic heterocycles. The predicted molar refractivity (Wildman–Crippen MR) is 66.1 cm³/mol. The van der Waals surface area contributed by atoms with E-state index in [1.807, 2.05) is 6.07 Å². The fraction of sp³-hybridized carbons (Fsp3) is 0.364. The molecule has 0 N–H and O–H groups in total. The van der Waals surface area contributed by atoms with Gasteiger partial charge in [-0.3, -0.25) is 4.79 Å². The Bertz CT molecular complexity index is 496. The van der Waals surface area contributed by atoms with Gasteiger partial charge in [-0.05, 0) is 29.6 Å². The molecule has 0 aliphatic carbocycles. The van der Waals surface area contributed by atoms with Crippen LogP contribution in [0.3, 0.4) is 0 Å². The number of halogens is 1. The number of hydrogen-bond acceptors (Lipinski definition) is 2. The first-order valence-corrected chi connectivity index (χ1v) is 5.70. The van der Waals surface area contributed by atoms with Gasteiger partial charge in [-0.25, -0.2) is 0 Å². The maximum absolute atomic E-state index is 11.8. The highest BCUT2D eigenvalue weighted by Crippen LogP contribution is 2.31. The fourth-order valence-corrected chi connectivity index (χ4v) is 2.09. The molecule has 0 radical (unpaired) electrons. The molecule has 0 atom stereocenters. The standard InChI is InChI=1S/C11H11ClN4O/c12-9-3-2-8-6-11(17)16(10(8)7-9)5-1-4-14-15-13/h2-3,7H,1,4-6H2. The molecular weight excluding hydrogens is 240 g/mol. The number of fused-ring (bicyclic) bond motifs is 1. The van der Waals surface area contributed by atoms with Crippen molar-refractivity contribution in [2.45, 2.75) is 12.8 Å². The normalized spacial score (nSPS) is 13.5. The summed E-state index contributed by atoms with van der Waals surface area (Å²) in [5.74, 6) is 0.0724. The Morgan fingerprint density at radius 2 is 2.35 bits per heavy atom. The smallest absolute Gasteiger partial charge is 0.231 e. The molecule has 0 saturated heterocycles. The number of rotatable bonds is 4. The fourth-order valence-electron chi connectivity index (χ4n) is 1.92. The van der Waals surface area contributed by atoms with Crippen molar-refractivity contribution in [1.29, 1.82) is 0 Å². The highest BCUT2D eigenvalue weighted by Gasteiger charge is 2.26. The first kappa shape index (κ1) is 11.8. The average Bonchev–Trinajstić information content (AvgIpc) is 2.61. The molecule has 6 heteroatoms. The molecule has 2 rings (SSSR count). The van der Waals surface area contributed by atoms with Gasteiger partial charge in [0.2, 0.25) is 5.91 Å². The topological polar surface area (TPSA) is 69.1 Å². The lowest BCUT2D eigenvalue weighted by molar-refractivity contribution is -0.117. The van der Waals surface area contributed by atoms with E-state index in [0.29, 0.717) is 31.0 Å². The van der Waals surface area contributed by atoms with Gasteiger partial charge in [0.15, 0.2) is 0 Å². The van der Waals surface area contributed by atoms with Gasteiger partial charge in [0.25, 0.3) is 0 Å². The Kier molecular flexibility index (Phi) is 3.52. The number of carbonyl (C=O) groups is 1. The van der Waals surface area contributed by atoms with Crippen molar-refractivity contribution in [1.82, 2.24) is 0 Å². The van der Waals surface area contributed by atoms with E-state index in [0.717, 1.165) is 11.3 Å². The van der Waals surface area contributed by atoms with Crippen molar-refractivity contribution >= 4 is 23.2 Å². The Hall–Kier alpha value is -1.71. The molecule has 17 heavy (non-hydrogen) atoms. The van der Waals surface area contributed by atoms with Crippen molar-refractivity contribution in [3.05, 3.63) is 39.2 Å². The minimum atomic E-state index is 0.0724. The number of anilines is 1. The monoisotopic (exact) mass is 250 g/mol. The molecule has 0 spiro atoms. The van der Waals surface area contributed by atoms with E-state index in [1.165, 1.54) is 0 Å². The largest absolute Gasteiger partial charge is 0.312 e. The summed E-state index contributed by atoms with van der Waals surface area (Å²) >= 11 is 5.92. The van der Waals surface area contributed by atoms with Gasteiger partial charge in [0.05, 0.1) is 6.42 Å². The Labute approximate surface area is 104 Å². The van der Waals surface area contributed by atoms with Crippen LogP contribution < -0.4 is 4.90 Å². The number of hydrogen-bond donors (Lipinski definition) is 0. The van der Waals surface area contributed by atoms with E-state index in [-0.39, 0.29) is 5.91 Å². The lowest BCUT2D eigenvalue weighted by atomic mass is 10.2. The second kappa shape index (κ2) is 5.08. The molecule has 0 bridgehead atoms. The summed E-state index contributed by atoms with van der Waals surface area (Å²) in [7, 11) is 0. The van der Waals surface area contributed by atoms with Crippen LogP contribution in [0.5, 0.6) is 0 Å². The number of nitrogens with zero attached hydrogens (tertiary/aromatic N) is 4. The van der Waals surface area contributed by atoms with E-state index >= 15 is 0 Å². The van der Waals surface area contributed by atoms with Gasteiger partial charge in [0.1, 0.15) is 0 Å². The second-order valence-electron chi connectivity index (χ2n) is 3.80. The van der Waals surface area contributed by atoms with Crippen LogP contribution in [-0.4, -0.2) is 19.0 Å². The number of azide groups is 1. The number of amides is 1. The molecule has 5 nitrogen and oxygen atoms in total. The summed E-state index contributed by atoms with van der Waals surface area (Å²) in [4.78, 5) is 16.2. The van der Waals surface area contributed by atoms with Gasteiger partial charge < -0.3 is 4.90 Å². The van der Waals surface area contributed by atoms with Crippen molar-refractivity contribution in [2.24, 2.45) is 5.11 Å². The molecule has 1 aromatic carbocycles. The summed E-state index contributed by atoms with van der Waals surface area (Å²) in [6.07, 6.45) is 1.08. The SMILES string of the molecule is [N-]=[N+]=NCCCN1C(=O)Cc2ccc(Cl)cc21. The van der Waals surface area contributed by atoms with E-state index in [2.05, 4.69) is 10.0 Å². The maximum Gasteiger partial charge on any atom is 0.231 e. The van der Waals surface area contributed by atoms with Crippen LogP contribution in [0.1, 0.15) is 12.0 Å². The van der Waals surface area contributed by atoms with E-state index in [9.17, 15) is 4.79 Å². The molecule has 0 unspecified atom stereocenters. The van der Waals surface area contributed by atoms with Gasteiger partial charge >= 0.3 is 0 Å². The average molecular weight is 251 g/mol. The summed E-state index contributed by atoms with van der Waals surface area (Å²) in [5.41, 5.74) is 10.0. The zero-order valence-corrected chi connectivity index (χ0v) is 9.89. The molecule has 1 amide bonds. The van der Waals surface area contributed by atoms with E-state index in [1.54, 1.807) is 17.0 Å². The lowest BCUT2D eigenvalue weighted by Crippen LogP contribution is -2.28. The van der Waals surface area contributed by atoms with E-state index in [4.69, 9.17) is 17.1 Å². The Balaban J connectivity index is 2.11. The van der Waals surface area contributed by atoms with Crippen LogP contribution in [0.25, 0.3) is 10.4 Å². The van der Waals surface area contributed by atoms with Gasteiger partial charge in [-0.1, -0.05) is 22.8 Å². The summed E-state index contributed by atoms with van der Waals surface area (Å²) in [6.45, 7) is 0.960. The van der Waals surface area contributed by atoms with Gasteiger partial charge in [0, 0.05) is 28.7 Å². The van der Waals surface area contributed by atoms with Crippen LogP contribution in [0, 0.1) is 0 Å². The summed E-state index contributed by atoms with van der Waals surface area (Å²) < 4.78 is 0. The molecule has 0 saturated carbocycles. The van der Waals surface area contributed by atoms with Crippen LogP contribution in [0.4, 0.5) is 5.69 Å². The highest BCUT2D eigenvalue weighted by molar-refractivity contribution is 6.31. The summed E-state index contributed by atoms with van der Waals surface area (Å²) in [5, 5.41) is 4.07. The van der Waals surface area contributed by atoms with Crippen LogP contribution in [0.2, 0.25) is 5.02 Å². The summed E-state index contributed by atoms with van der Waals surface area (Å²) in [6, 6.07) is 5.47. The zero-order valence-electron chi connectivity index (χ0n) is 9.14. The first-order chi connectivity index (χ1) is 8.22. The van der Waals surface area contributed by atoms with E-state index < -0.39 is 0 Å². The van der Waals surface area contributed by atoms with Crippen molar-refractivity contribution in [3.63, 3.8) is 0 Å². The minimum absolute atomic E-state index is 0.0724. The van der Waals surface area contributed by atoms with Crippen LogP contribution >= 0.6 is 11.6 Å². The third-order valence-electron chi connectivity index (χ3n) is 2.68. The predicted octanol–water partition coefficient (Wildman–Crippen LogP) is 2.93. The minimum Gasteiger partial charge on any atom is -0.312 e. The molecule has 0 fully saturated rings. The lowest BCUT2D eigenvalue weighted by Gasteiger charge is -2.16. The van der Waals surface area contributed by atoms with Crippen molar-refractivity contribution < 1.29 is 4.79 Å². The molecule has 0 aromatic heterocycles. The highest BCUT2D eigenvalue weighted by atomic mass is 35.5.